The average Bonchev–Trinajstić information content (AvgIpc) is 2.76. The highest BCUT2D eigenvalue weighted by Gasteiger charge is 2.49. The lowest BCUT2D eigenvalue weighted by Crippen LogP contribution is -2.48. The predicted octanol–water partition coefficient (Wildman–Crippen LogP) is 3.22. The standard InChI is InChI=1S/C19H26N2O/c1-3-20-14-16-17(15-10-6-4-7-11-15)18(22)21(2)19(16)12-8-5-9-13-19/h4,6-7,10-11,20H,3,5,8-9,12-14H2,1-2H3. The summed E-state index contributed by atoms with van der Waals surface area (Å²) in [6.45, 7) is 3.87. The van der Waals surface area contributed by atoms with E-state index in [1.807, 2.05) is 30.1 Å². The van der Waals surface area contributed by atoms with Crippen LogP contribution in [0.25, 0.3) is 5.57 Å². The Morgan fingerprint density at radius 1 is 1.14 bits per heavy atom. The van der Waals surface area contributed by atoms with E-state index < -0.39 is 0 Å². The van der Waals surface area contributed by atoms with Gasteiger partial charge in [-0.2, -0.15) is 0 Å². The molecule has 1 aliphatic carbocycles. The van der Waals surface area contributed by atoms with E-state index in [1.165, 1.54) is 24.8 Å². The van der Waals surface area contributed by atoms with Gasteiger partial charge in [0.25, 0.3) is 5.91 Å². The smallest absolute Gasteiger partial charge is 0.255 e. The number of benzene rings is 1. The largest absolute Gasteiger partial charge is 0.332 e. The Morgan fingerprint density at radius 2 is 1.82 bits per heavy atom. The van der Waals surface area contributed by atoms with Crippen LogP contribution in [-0.2, 0) is 4.79 Å². The molecule has 0 aromatic heterocycles. The second-order valence-electron chi connectivity index (χ2n) is 6.46. The van der Waals surface area contributed by atoms with Crippen molar-refractivity contribution in [2.24, 2.45) is 0 Å². The zero-order valence-corrected chi connectivity index (χ0v) is 13.7. The van der Waals surface area contributed by atoms with Crippen molar-refractivity contribution in [2.45, 2.75) is 44.6 Å². The van der Waals surface area contributed by atoms with Crippen LogP contribution in [0.3, 0.4) is 0 Å². The summed E-state index contributed by atoms with van der Waals surface area (Å²) in [6, 6.07) is 10.2. The summed E-state index contributed by atoms with van der Waals surface area (Å²) in [4.78, 5) is 15.0. The molecule has 0 bridgehead atoms. The van der Waals surface area contributed by atoms with E-state index in [0.717, 1.165) is 37.1 Å². The maximum atomic E-state index is 13.0. The quantitative estimate of drug-likeness (QED) is 0.925. The number of hydrogen-bond acceptors (Lipinski definition) is 2. The Bertz CT molecular complexity index is 570. The minimum absolute atomic E-state index is 0.0529. The molecule has 22 heavy (non-hydrogen) atoms. The molecular formula is C19H26N2O. The van der Waals surface area contributed by atoms with Gasteiger partial charge in [0, 0.05) is 19.2 Å². The van der Waals surface area contributed by atoms with Crippen LogP contribution in [0.15, 0.2) is 35.9 Å². The highest BCUT2D eigenvalue weighted by molar-refractivity contribution is 6.23. The molecule has 0 radical (unpaired) electrons. The molecule has 1 amide bonds. The first-order valence-corrected chi connectivity index (χ1v) is 8.48. The number of rotatable bonds is 4. The molecule has 0 saturated heterocycles. The molecule has 2 aliphatic rings. The summed E-state index contributed by atoms with van der Waals surface area (Å²) in [5.41, 5.74) is 3.26. The number of amides is 1. The first-order chi connectivity index (χ1) is 10.7. The van der Waals surface area contributed by atoms with Gasteiger partial charge in [0.2, 0.25) is 0 Å². The van der Waals surface area contributed by atoms with Crippen LogP contribution in [0.5, 0.6) is 0 Å². The fourth-order valence-electron chi connectivity index (χ4n) is 4.11. The van der Waals surface area contributed by atoms with Gasteiger partial charge in [-0.05, 0) is 30.5 Å². The molecular weight excluding hydrogens is 272 g/mol. The molecule has 0 unspecified atom stereocenters. The molecule has 1 aromatic carbocycles. The number of nitrogens with one attached hydrogen (secondary N) is 1. The van der Waals surface area contributed by atoms with Gasteiger partial charge in [0.05, 0.1) is 5.54 Å². The van der Waals surface area contributed by atoms with E-state index in [9.17, 15) is 4.79 Å². The number of likely N-dealkylation sites (N-methyl/N-ethyl adjacent to an activating group) is 2. The Balaban J connectivity index is 2.10. The van der Waals surface area contributed by atoms with Gasteiger partial charge in [-0.25, -0.2) is 0 Å². The van der Waals surface area contributed by atoms with Crippen LogP contribution in [0.2, 0.25) is 0 Å². The zero-order chi connectivity index (χ0) is 15.6. The first-order valence-electron chi connectivity index (χ1n) is 8.48. The maximum absolute atomic E-state index is 13.0. The Hall–Kier alpha value is -1.61. The van der Waals surface area contributed by atoms with Crippen molar-refractivity contribution in [3.8, 4) is 0 Å². The second-order valence-corrected chi connectivity index (χ2v) is 6.46. The third-order valence-electron chi connectivity index (χ3n) is 5.32. The van der Waals surface area contributed by atoms with Crippen LogP contribution in [0.1, 0.15) is 44.6 Å². The molecule has 1 fully saturated rings. The topological polar surface area (TPSA) is 32.3 Å². The van der Waals surface area contributed by atoms with Crippen LogP contribution >= 0.6 is 0 Å². The van der Waals surface area contributed by atoms with E-state index in [1.54, 1.807) is 0 Å². The van der Waals surface area contributed by atoms with Crippen molar-refractivity contribution >= 4 is 11.5 Å². The molecule has 118 valence electrons. The summed E-state index contributed by atoms with van der Waals surface area (Å²) >= 11 is 0. The number of hydrogen-bond donors (Lipinski definition) is 1. The summed E-state index contributed by atoms with van der Waals surface area (Å²) in [7, 11) is 2.00. The number of carbonyl (C=O) groups is 1. The molecule has 3 rings (SSSR count). The van der Waals surface area contributed by atoms with E-state index in [0.29, 0.717) is 0 Å². The molecule has 1 spiro atoms. The summed E-state index contributed by atoms with van der Waals surface area (Å²) in [5, 5.41) is 3.47. The van der Waals surface area contributed by atoms with Gasteiger partial charge >= 0.3 is 0 Å². The highest BCUT2D eigenvalue weighted by atomic mass is 16.2. The van der Waals surface area contributed by atoms with Crippen molar-refractivity contribution in [1.29, 1.82) is 0 Å². The lowest BCUT2D eigenvalue weighted by molar-refractivity contribution is -0.127. The Kier molecular flexibility index (Phi) is 4.34. The normalized spacial score (nSPS) is 21.0. The van der Waals surface area contributed by atoms with Gasteiger partial charge in [-0.1, -0.05) is 56.5 Å². The molecule has 1 aliphatic heterocycles. The van der Waals surface area contributed by atoms with E-state index in [4.69, 9.17) is 0 Å². The Labute approximate surface area is 133 Å². The maximum Gasteiger partial charge on any atom is 0.255 e. The van der Waals surface area contributed by atoms with Crippen molar-refractivity contribution in [1.82, 2.24) is 10.2 Å². The predicted molar refractivity (Wildman–Crippen MR) is 90.5 cm³/mol. The third-order valence-corrected chi connectivity index (χ3v) is 5.32. The minimum atomic E-state index is -0.0529. The van der Waals surface area contributed by atoms with Gasteiger partial charge in [0.15, 0.2) is 0 Å². The third kappa shape index (κ3) is 2.38. The lowest BCUT2D eigenvalue weighted by Gasteiger charge is -2.42. The van der Waals surface area contributed by atoms with Gasteiger partial charge in [0.1, 0.15) is 0 Å². The number of nitrogens with zero attached hydrogens (tertiary/aromatic N) is 1. The van der Waals surface area contributed by atoms with Gasteiger partial charge in [-0.3, -0.25) is 4.79 Å². The fraction of sp³-hybridized carbons (Fsp3) is 0.526. The number of carbonyl (C=O) groups excluding carboxylic acids is 1. The molecule has 0 atom stereocenters. The average molecular weight is 298 g/mol. The van der Waals surface area contributed by atoms with Crippen molar-refractivity contribution in [3.63, 3.8) is 0 Å². The second kappa shape index (κ2) is 6.25. The summed E-state index contributed by atoms with van der Waals surface area (Å²) < 4.78 is 0. The van der Waals surface area contributed by atoms with Crippen LogP contribution in [-0.4, -0.2) is 36.5 Å². The summed E-state index contributed by atoms with van der Waals surface area (Å²) in [6.07, 6.45) is 5.93. The lowest BCUT2D eigenvalue weighted by atomic mass is 9.75. The molecule has 1 N–H and O–H groups in total. The molecule has 1 aromatic rings. The first kappa shape index (κ1) is 15.3. The monoisotopic (exact) mass is 298 g/mol. The molecule has 3 nitrogen and oxygen atoms in total. The van der Waals surface area contributed by atoms with Crippen molar-refractivity contribution in [3.05, 3.63) is 41.5 Å². The van der Waals surface area contributed by atoms with Crippen LogP contribution < -0.4 is 5.32 Å². The molecule has 1 heterocycles. The molecule has 1 saturated carbocycles. The Morgan fingerprint density at radius 3 is 2.45 bits per heavy atom. The van der Waals surface area contributed by atoms with E-state index in [-0.39, 0.29) is 11.4 Å². The van der Waals surface area contributed by atoms with E-state index in [2.05, 4.69) is 24.4 Å². The highest BCUT2D eigenvalue weighted by Crippen LogP contribution is 2.47. The van der Waals surface area contributed by atoms with Crippen molar-refractivity contribution in [2.75, 3.05) is 20.1 Å². The zero-order valence-electron chi connectivity index (χ0n) is 13.7. The molecule has 3 heteroatoms. The summed E-state index contributed by atoms with van der Waals surface area (Å²) in [5.74, 6) is 0.195. The van der Waals surface area contributed by atoms with Crippen LogP contribution in [0, 0.1) is 0 Å². The van der Waals surface area contributed by atoms with Crippen molar-refractivity contribution < 1.29 is 4.79 Å². The van der Waals surface area contributed by atoms with Crippen LogP contribution in [0.4, 0.5) is 0 Å². The van der Waals surface area contributed by atoms with Gasteiger partial charge < -0.3 is 10.2 Å². The van der Waals surface area contributed by atoms with E-state index >= 15 is 0 Å². The minimum Gasteiger partial charge on any atom is -0.332 e. The van der Waals surface area contributed by atoms with Gasteiger partial charge in [-0.15, -0.1) is 0 Å². The fourth-order valence-corrected chi connectivity index (χ4v) is 4.11. The SMILES string of the molecule is CCNCC1=C(c2ccccc2)C(=O)N(C)C12CCCCC2.